The molecule has 0 spiro atoms. The van der Waals surface area contributed by atoms with Gasteiger partial charge in [-0.15, -0.1) is 0 Å². The number of carbonyl (C=O) groups is 2. The average Bonchev–Trinajstić information content (AvgIpc) is 3.50. The fraction of sp³-hybridized carbons (Fsp3) is 0.148. The van der Waals surface area contributed by atoms with Gasteiger partial charge in [-0.3, -0.25) is 9.36 Å². The Hall–Kier alpha value is -4.77. The molecule has 1 N–H and O–H groups in total. The van der Waals surface area contributed by atoms with Crippen molar-refractivity contribution in [1.82, 2.24) is 4.57 Å². The van der Waals surface area contributed by atoms with Gasteiger partial charge in [-0.2, -0.15) is 5.26 Å². The molecule has 0 aliphatic heterocycles. The number of esters is 1. The first-order chi connectivity index (χ1) is 16.9. The number of benzene rings is 2. The summed E-state index contributed by atoms with van der Waals surface area (Å²) < 4.78 is 18.4. The molecule has 0 aliphatic carbocycles. The zero-order valence-electron chi connectivity index (χ0n) is 19.4. The van der Waals surface area contributed by atoms with E-state index in [4.69, 9.17) is 13.9 Å². The molecule has 0 radical (unpaired) electrons. The fourth-order valence-corrected chi connectivity index (χ4v) is 3.72. The molecule has 0 fully saturated rings. The topological polar surface area (TPSA) is 106 Å². The number of nitriles is 1. The minimum absolute atomic E-state index is 0.0243. The second kappa shape index (κ2) is 10.0. The van der Waals surface area contributed by atoms with Crippen LogP contribution in [0.25, 0.3) is 5.88 Å². The highest BCUT2D eigenvalue weighted by atomic mass is 16.5. The standard InChI is InChI=1S/C27H23N3O5/c1-17-11-12-22(33-3)21(15-17)29-25(31)24(19-9-5-4-6-10-19)35-27(32)23-18(2)34-26(20(23)16-28)30-13-7-8-14-30/h4-15,24H,1-3H3,(H,29,31). The summed E-state index contributed by atoms with van der Waals surface area (Å²) >= 11 is 0. The molecule has 0 saturated carbocycles. The molecule has 4 rings (SSSR count). The summed E-state index contributed by atoms with van der Waals surface area (Å²) in [5.41, 5.74) is 1.82. The van der Waals surface area contributed by atoms with E-state index < -0.39 is 18.0 Å². The number of amides is 1. The lowest BCUT2D eigenvalue weighted by molar-refractivity contribution is -0.125. The number of methoxy groups -OCH3 is 1. The summed E-state index contributed by atoms with van der Waals surface area (Å²) in [6, 6.07) is 19.6. The van der Waals surface area contributed by atoms with Gasteiger partial charge in [0.1, 0.15) is 28.7 Å². The van der Waals surface area contributed by atoms with E-state index in [0.29, 0.717) is 17.0 Å². The van der Waals surface area contributed by atoms with Gasteiger partial charge in [0.25, 0.3) is 5.91 Å². The summed E-state index contributed by atoms with van der Waals surface area (Å²) in [7, 11) is 1.50. The molecular formula is C27H23N3O5. The van der Waals surface area contributed by atoms with Gasteiger partial charge in [-0.25, -0.2) is 4.79 Å². The Bertz CT molecular complexity index is 1400. The third-order valence-electron chi connectivity index (χ3n) is 5.40. The Morgan fingerprint density at radius 3 is 2.43 bits per heavy atom. The van der Waals surface area contributed by atoms with Crippen LogP contribution in [0.2, 0.25) is 0 Å². The van der Waals surface area contributed by atoms with Gasteiger partial charge in [0.05, 0.1) is 12.8 Å². The van der Waals surface area contributed by atoms with Crippen molar-refractivity contribution in [3.05, 3.63) is 101 Å². The molecule has 8 heteroatoms. The number of nitrogens with zero attached hydrogens (tertiary/aromatic N) is 2. The summed E-state index contributed by atoms with van der Waals surface area (Å²) in [5, 5.41) is 12.6. The van der Waals surface area contributed by atoms with Crippen LogP contribution in [0, 0.1) is 25.2 Å². The Morgan fingerprint density at radius 1 is 1.06 bits per heavy atom. The first kappa shape index (κ1) is 23.4. The second-order valence-electron chi connectivity index (χ2n) is 7.80. The smallest absolute Gasteiger partial charge is 0.344 e. The van der Waals surface area contributed by atoms with E-state index in [1.165, 1.54) is 7.11 Å². The molecule has 0 bridgehead atoms. The van der Waals surface area contributed by atoms with Gasteiger partial charge in [-0.1, -0.05) is 36.4 Å². The van der Waals surface area contributed by atoms with Crippen LogP contribution in [-0.4, -0.2) is 23.6 Å². The van der Waals surface area contributed by atoms with Gasteiger partial charge in [-0.05, 0) is 43.7 Å². The van der Waals surface area contributed by atoms with Crippen LogP contribution in [-0.2, 0) is 9.53 Å². The third kappa shape index (κ3) is 4.80. The largest absolute Gasteiger partial charge is 0.495 e. The van der Waals surface area contributed by atoms with Crippen LogP contribution < -0.4 is 10.1 Å². The van der Waals surface area contributed by atoms with Crippen LogP contribution in [0.15, 0.2) is 77.5 Å². The number of hydrogen-bond acceptors (Lipinski definition) is 6. The van der Waals surface area contributed by atoms with Crippen molar-refractivity contribution in [1.29, 1.82) is 5.26 Å². The molecule has 4 aromatic rings. The van der Waals surface area contributed by atoms with Crippen LogP contribution in [0.3, 0.4) is 0 Å². The molecule has 1 amide bonds. The van der Waals surface area contributed by atoms with E-state index in [1.54, 1.807) is 78.5 Å². The normalized spacial score (nSPS) is 11.4. The van der Waals surface area contributed by atoms with E-state index in [2.05, 4.69) is 5.32 Å². The van der Waals surface area contributed by atoms with Crippen LogP contribution >= 0.6 is 0 Å². The van der Waals surface area contributed by atoms with Crippen LogP contribution in [0.5, 0.6) is 5.75 Å². The van der Waals surface area contributed by atoms with E-state index in [9.17, 15) is 14.9 Å². The lowest BCUT2D eigenvalue weighted by atomic mass is 10.1. The highest BCUT2D eigenvalue weighted by molar-refractivity contribution is 6.00. The van der Waals surface area contributed by atoms with Gasteiger partial charge < -0.3 is 19.2 Å². The summed E-state index contributed by atoms with van der Waals surface area (Å²) in [6.07, 6.45) is 2.11. The maximum Gasteiger partial charge on any atom is 0.344 e. The Balaban J connectivity index is 1.68. The molecule has 2 aromatic heterocycles. The Labute approximate surface area is 202 Å². The molecule has 2 heterocycles. The number of furan rings is 1. The van der Waals surface area contributed by atoms with Crippen LogP contribution in [0.4, 0.5) is 5.69 Å². The SMILES string of the molecule is COc1ccc(C)cc1NC(=O)C(OC(=O)c1c(C)oc(-n2cccc2)c1C#N)c1ccccc1. The van der Waals surface area contributed by atoms with Crippen molar-refractivity contribution in [2.24, 2.45) is 0 Å². The molecule has 0 aliphatic rings. The molecule has 8 nitrogen and oxygen atoms in total. The van der Waals surface area contributed by atoms with Gasteiger partial charge >= 0.3 is 5.97 Å². The van der Waals surface area contributed by atoms with Crippen molar-refractivity contribution < 1.29 is 23.5 Å². The number of aromatic nitrogens is 1. The molecule has 1 atom stereocenters. The zero-order valence-corrected chi connectivity index (χ0v) is 19.4. The Kier molecular flexibility index (Phi) is 6.69. The molecule has 35 heavy (non-hydrogen) atoms. The minimum Gasteiger partial charge on any atom is -0.495 e. The highest BCUT2D eigenvalue weighted by Gasteiger charge is 2.31. The summed E-state index contributed by atoms with van der Waals surface area (Å²) in [5.74, 6) is -0.536. The quantitative estimate of drug-likeness (QED) is 0.377. The highest BCUT2D eigenvalue weighted by Crippen LogP contribution is 2.30. The maximum absolute atomic E-state index is 13.4. The van der Waals surface area contributed by atoms with Crippen molar-refractivity contribution in [3.8, 4) is 17.7 Å². The lowest BCUT2D eigenvalue weighted by Crippen LogP contribution is -2.26. The number of hydrogen-bond donors (Lipinski definition) is 1. The van der Waals surface area contributed by atoms with Crippen molar-refractivity contribution in [2.45, 2.75) is 20.0 Å². The molecular weight excluding hydrogens is 446 g/mol. The van der Waals surface area contributed by atoms with Crippen LogP contribution in [0.1, 0.15) is 38.9 Å². The summed E-state index contributed by atoms with van der Waals surface area (Å²) in [4.78, 5) is 26.7. The fourth-order valence-electron chi connectivity index (χ4n) is 3.72. The van der Waals surface area contributed by atoms with Gasteiger partial charge in [0.15, 0.2) is 0 Å². The van der Waals surface area contributed by atoms with E-state index >= 15 is 0 Å². The number of anilines is 1. The van der Waals surface area contributed by atoms with Crippen molar-refractivity contribution in [2.75, 3.05) is 12.4 Å². The van der Waals surface area contributed by atoms with E-state index in [1.807, 2.05) is 19.1 Å². The van der Waals surface area contributed by atoms with E-state index in [0.717, 1.165) is 5.56 Å². The number of ether oxygens (including phenoxy) is 2. The summed E-state index contributed by atoms with van der Waals surface area (Å²) in [6.45, 7) is 3.46. The van der Waals surface area contributed by atoms with Gasteiger partial charge in [0.2, 0.25) is 12.0 Å². The molecule has 2 aromatic carbocycles. The Morgan fingerprint density at radius 2 is 1.77 bits per heavy atom. The molecule has 176 valence electrons. The third-order valence-corrected chi connectivity index (χ3v) is 5.40. The molecule has 1 unspecified atom stereocenters. The second-order valence-corrected chi connectivity index (χ2v) is 7.80. The van der Waals surface area contributed by atoms with Crippen molar-refractivity contribution in [3.63, 3.8) is 0 Å². The van der Waals surface area contributed by atoms with E-state index in [-0.39, 0.29) is 22.8 Å². The molecule has 0 saturated heterocycles. The monoisotopic (exact) mass is 469 g/mol. The number of aryl methyl sites for hydroxylation is 2. The number of carbonyl (C=O) groups excluding carboxylic acids is 2. The lowest BCUT2D eigenvalue weighted by Gasteiger charge is -2.19. The minimum atomic E-state index is -1.29. The zero-order chi connectivity index (χ0) is 24.9. The average molecular weight is 469 g/mol. The number of nitrogens with one attached hydrogen (secondary N) is 1. The first-order valence-corrected chi connectivity index (χ1v) is 10.8. The number of rotatable bonds is 7. The van der Waals surface area contributed by atoms with Gasteiger partial charge in [0, 0.05) is 18.0 Å². The maximum atomic E-state index is 13.4. The van der Waals surface area contributed by atoms with Crippen molar-refractivity contribution >= 4 is 17.6 Å². The predicted octanol–water partition coefficient (Wildman–Crippen LogP) is 5.10. The first-order valence-electron chi connectivity index (χ1n) is 10.8. The predicted molar refractivity (Wildman–Crippen MR) is 128 cm³/mol.